The minimum absolute atomic E-state index is 0. The predicted octanol–water partition coefficient (Wildman–Crippen LogP) is 3.44. The summed E-state index contributed by atoms with van der Waals surface area (Å²) >= 11 is 0. The number of ether oxygens (including phenoxy) is 1. The molecule has 31 heavy (non-hydrogen) atoms. The minimum Gasteiger partial charge on any atom is -0.378 e. The number of hydrogen-bond acceptors (Lipinski definition) is 4. The van der Waals surface area contributed by atoms with Crippen molar-refractivity contribution in [1.29, 1.82) is 0 Å². The van der Waals surface area contributed by atoms with E-state index in [4.69, 9.17) is 4.74 Å². The third-order valence-electron chi connectivity index (χ3n) is 5.11. The van der Waals surface area contributed by atoms with Crippen molar-refractivity contribution in [3.05, 3.63) is 78.4 Å². The van der Waals surface area contributed by atoms with Crippen molar-refractivity contribution in [3.63, 3.8) is 0 Å². The van der Waals surface area contributed by atoms with Crippen LogP contribution >= 0.6 is 24.8 Å². The highest BCUT2D eigenvalue weighted by Gasteiger charge is 2.17. The topological polar surface area (TPSA) is 68.2 Å². The van der Waals surface area contributed by atoms with E-state index in [1.54, 1.807) is 6.20 Å². The number of nitrogens with one attached hydrogen (secondary N) is 2. The summed E-state index contributed by atoms with van der Waals surface area (Å²) in [6.45, 7) is 3.43. The van der Waals surface area contributed by atoms with Gasteiger partial charge in [-0.05, 0) is 22.3 Å². The maximum Gasteiger partial charge on any atom is 0.221 e. The second-order valence-electron chi connectivity index (χ2n) is 7.30. The van der Waals surface area contributed by atoms with Crippen molar-refractivity contribution in [2.45, 2.75) is 25.6 Å². The van der Waals surface area contributed by atoms with Gasteiger partial charge in [-0.2, -0.15) is 0 Å². The molecule has 8 heteroatoms. The SMILES string of the molecule is Cl.Cl.O=C(CC1COCCN1)NCc1ccccc1-c1ccc(Cn2ccnc2)cc1. The summed E-state index contributed by atoms with van der Waals surface area (Å²) in [4.78, 5) is 16.4. The zero-order valence-electron chi connectivity index (χ0n) is 17.2. The number of nitrogens with zero attached hydrogens (tertiary/aromatic N) is 2. The van der Waals surface area contributed by atoms with Crippen molar-refractivity contribution < 1.29 is 9.53 Å². The molecule has 0 saturated carbocycles. The number of morpholine rings is 1. The molecule has 1 unspecified atom stereocenters. The lowest BCUT2D eigenvalue weighted by Crippen LogP contribution is -2.44. The second kappa shape index (κ2) is 12.5. The predicted molar refractivity (Wildman–Crippen MR) is 127 cm³/mol. The van der Waals surface area contributed by atoms with Gasteiger partial charge in [0.15, 0.2) is 0 Å². The van der Waals surface area contributed by atoms with E-state index in [0.717, 1.165) is 29.8 Å². The molecule has 1 aromatic heterocycles. The molecule has 6 nitrogen and oxygen atoms in total. The molecular formula is C23H28Cl2N4O2. The van der Waals surface area contributed by atoms with Crippen molar-refractivity contribution >= 4 is 30.7 Å². The van der Waals surface area contributed by atoms with Crippen LogP contribution in [0.15, 0.2) is 67.3 Å². The van der Waals surface area contributed by atoms with E-state index in [9.17, 15) is 4.79 Å². The molecule has 166 valence electrons. The quantitative estimate of drug-likeness (QED) is 0.564. The van der Waals surface area contributed by atoms with E-state index >= 15 is 0 Å². The number of amides is 1. The standard InChI is InChI=1S/C23H26N4O2.2ClH/c28-23(13-21-16-29-12-10-25-21)26-14-20-3-1-2-4-22(20)19-7-5-18(6-8-19)15-27-11-9-24-17-27;;/h1-9,11,17,21,25H,10,12-16H2,(H,26,28);2*1H. The van der Waals surface area contributed by atoms with Crippen LogP contribution in [0.1, 0.15) is 17.5 Å². The molecule has 1 aliphatic rings. The van der Waals surface area contributed by atoms with E-state index in [1.165, 1.54) is 5.56 Å². The van der Waals surface area contributed by atoms with Crippen LogP contribution in [0.25, 0.3) is 11.1 Å². The highest BCUT2D eigenvalue weighted by atomic mass is 35.5. The number of benzene rings is 2. The second-order valence-corrected chi connectivity index (χ2v) is 7.30. The summed E-state index contributed by atoms with van der Waals surface area (Å²) in [5, 5.41) is 6.37. The fraction of sp³-hybridized carbons (Fsp3) is 0.304. The first-order valence-electron chi connectivity index (χ1n) is 9.99. The Bertz CT molecular complexity index is 927. The van der Waals surface area contributed by atoms with Crippen molar-refractivity contribution in [3.8, 4) is 11.1 Å². The Hall–Kier alpha value is -2.38. The number of imidazole rings is 1. The number of aromatic nitrogens is 2. The molecule has 4 rings (SSSR count). The largest absolute Gasteiger partial charge is 0.378 e. The minimum atomic E-state index is 0. The summed E-state index contributed by atoms with van der Waals surface area (Å²) in [7, 11) is 0. The van der Waals surface area contributed by atoms with Crippen LogP contribution in [0, 0.1) is 0 Å². The molecule has 2 N–H and O–H groups in total. The molecule has 0 aliphatic carbocycles. The highest BCUT2D eigenvalue weighted by Crippen LogP contribution is 2.24. The smallest absolute Gasteiger partial charge is 0.221 e. The van der Waals surface area contributed by atoms with E-state index in [2.05, 4.69) is 52.0 Å². The number of halogens is 2. The van der Waals surface area contributed by atoms with Gasteiger partial charge in [-0.25, -0.2) is 4.98 Å². The van der Waals surface area contributed by atoms with Crippen LogP contribution < -0.4 is 10.6 Å². The average molecular weight is 463 g/mol. The van der Waals surface area contributed by atoms with Crippen LogP contribution in [0.4, 0.5) is 0 Å². The zero-order chi connectivity index (χ0) is 19.9. The Morgan fingerprint density at radius 2 is 1.97 bits per heavy atom. The van der Waals surface area contributed by atoms with Gasteiger partial charge in [0, 0.05) is 44.5 Å². The molecule has 1 saturated heterocycles. The third-order valence-corrected chi connectivity index (χ3v) is 5.11. The van der Waals surface area contributed by atoms with Crippen molar-refractivity contribution in [2.75, 3.05) is 19.8 Å². The summed E-state index contributed by atoms with van der Waals surface area (Å²) in [6.07, 6.45) is 6.00. The van der Waals surface area contributed by atoms with Crippen LogP contribution in [0.3, 0.4) is 0 Å². The van der Waals surface area contributed by atoms with Crippen LogP contribution in [-0.2, 0) is 22.6 Å². The fourth-order valence-corrected chi connectivity index (χ4v) is 3.58. The molecule has 2 aromatic carbocycles. The van der Waals surface area contributed by atoms with Gasteiger partial charge >= 0.3 is 0 Å². The maximum absolute atomic E-state index is 12.3. The van der Waals surface area contributed by atoms with Gasteiger partial charge in [-0.1, -0.05) is 48.5 Å². The lowest BCUT2D eigenvalue weighted by Gasteiger charge is -2.23. The lowest BCUT2D eigenvalue weighted by atomic mass is 9.98. The maximum atomic E-state index is 12.3. The molecule has 1 amide bonds. The number of rotatable bonds is 7. The molecular weight excluding hydrogens is 435 g/mol. The normalized spacial score (nSPS) is 15.4. The first-order chi connectivity index (χ1) is 14.3. The van der Waals surface area contributed by atoms with E-state index in [-0.39, 0.29) is 36.8 Å². The Labute approximate surface area is 195 Å². The lowest BCUT2D eigenvalue weighted by molar-refractivity contribution is -0.122. The fourth-order valence-electron chi connectivity index (χ4n) is 3.58. The summed E-state index contributed by atoms with van der Waals surface area (Å²) in [5.41, 5.74) is 4.61. The van der Waals surface area contributed by atoms with Crippen LogP contribution in [0.2, 0.25) is 0 Å². The van der Waals surface area contributed by atoms with E-state index < -0.39 is 0 Å². The van der Waals surface area contributed by atoms with Crippen LogP contribution in [0.5, 0.6) is 0 Å². The molecule has 0 bridgehead atoms. The molecule has 1 atom stereocenters. The highest BCUT2D eigenvalue weighted by molar-refractivity contribution is 5.85. The first-order valence-corrected chi connectivity index (χ1v) is 9.99. The molecule has 0 spiro atoms. The molecule has 1 aliphatic heterocycles. The molecule has 3 aromatic rings. The van der Waals surface area contributed by atoms with E-state index in [0.29, 0.717) is 26.2 Å². The average Bonchev–Trinajstić information content (AvgIpc) is 3.27. The number of hydrogen-bond donors (Lipinski definition) is 2. The monoisotopic (exact) mass is 462 g/mol. The summed E-state index contributed by atoms with van der Waals surface area (Å²) in [6, 6.07) is 16.9. The summed E-state index contributed by atoms with van der Waals surface area (Å²) in [5.74, 6) is 0.0403. The van der Waals surface area contributed by atoms with Gasteiger partial charge in [-0.15, -0.1) is 24.8 Å². The van der Waals surface area contributed by atoms with Gasteiger partial charge in [0.2, 0.25) is 5.91 Å². The Balaban J connectivity index is 0.00000171. The Morgan fingerprint density at radius 1 is 1.16 bits per heavy atom. The summed E-state index contributed by atoms with van der Waals surface area (Å²) < 4.78 is 7.46. The Morgan fingerprint density at radius 3 is 2.68 bits per heavy atom. The first kappa shape index (κ1) is 24.9. The number of carbonyl (C=O) groups is 1. The number of carbonyl (C=O) groups excluding carboxylic acids is 1. The van der Waals surface area contributed by atoms with Gasteiger partial charge in [0.05, 0.1) is 19.5 Å². The van der Waals surface area contributed by atoms with Gasteiger partial charge in [-0.3, -0.25) is 4.79 Å². The molecule has 2 heterocycles. The van der Waals surface area contributed by atoms with Crippen molar-refractivity contribution in [2.24, 2.45) is 0 Å². The third kappa shape index (κ3) is 7.08. The van der Waals surface area contributed by atoms with Gasteiger partial charge < -0.3 is 19.9 Å². The zero-order valence-corrected chi connectivity index (χ0v) is 18.8. The van der Waals surface area contributed by atoms with Gasteiger partial charge in [0.25, 0.3) is 0 Å². The van der Waals surface area contributed by atoms with Crippen LogP contribution in [-0.4, -0.2) is 41.3 Å². The van der Waals surface area contributed by atoms with Crippen molar-refractivity contribution in [1.82, 2.24) is 20.2 Å². The Kier molecular flexibility index (Phi) is 10.0. The van der Waals surface area contributed by atoms with E-state index in [1.807, 2.05) is 29.2 Å². The molecule has 0 radical (unpaired) electrons. The van der Waals surface area contributed by atoms with Gasteiger partial charge in [0.1, 0.15) is 0 Å². The molecule has 1 fully saturated rings.